The van der Waals surface area contributed by atoms with Crippen LogP contribution >= 0.6 is 0 Å². The lowest BCUT2D eigenvalue weighted by atomic mass is 9.85. The molecule has 1 aromatic carbocycles. The highest BCUT2D eigenvalue weighted by Gasteiger charge is 2.21. The van der Waals surface area contributed by atoms with Gasteiger partial charge in [0, 0.05) is 0 Å². The molecule has 0 radical (unpaired) electrons. The molecule has 1 saturated heterocycles. The zero-order valence-electron chi connectivity index (χ0n) is 11.6. The van der Waals surface area contributed by atoms with Gasteiger partial charge in [0.15, 0.2) is 0 Å². The molecule has 1 fully saturated rings. The summed E-state index contributed by atoms with van der Waals surface area (Å²) in [5.74, 6) is 1.06. The van der Waals surface area contributed by atoms with Crippen molar-refractivity contribution < 1.29 is 0 Å². The summed E-state index contributed by atoms with van der Waals surface area (Å²) in [5.41, 5.74) is 3.41. The van der Waals surface area contributed by atoms with Crippen LogP contribution in [-0.4, -0.2) is 25.0 Å². The highest BCUT2D eigenvalue weighted by molar-refractivity contribution is 5.43. The summed E-state index contributed by atoms with van der Waals surface area (Å²) < 4.78 is 0. The van der Waals surface area contributed by atoms with Crippen LogP contribution in [-0.2, 0) is 0 Å². The summed E-state index contributed by atoms with van der Waals surface area (Å²) in [5, 5.41) is 9.35. The molecular weight excluding hydrogens is 220 g/mol. The average molecular weight is 242 g/mol. The van der Waals surface area contributed by atoms with Crippen molar-refractivity contribution in [2.45, 2.75) is 38.5 Å². The highest BCUT2D eigenvalue weighted by atomic mass is 15.1. The number of nitrogens with zero attached hydrogens (tertiary/aromatic N) is 2. The van der Waals surface area contributed by atoms with E-state index >= 15 is 0 Å². The van der Waals surface area contributed by atoms with Crippen LogP contribution in [0.3, 0.4) is 0 Å². The van der Waals surface area contributed by atoms with Crippen LogP contribution < -0.4 is 0 Å². The van der Waals surface area contributed by atoms with E-state index in [9.17, 15) is 5.26 Å². The van der Waals surface area contributed by atoms with Crippen molar-refractivity contribution in [3.8, 4) is 6.07 Å². The SMILES string of the molecule is CC(C)c1ccc(C2CCN(C)CC2)c(C#N)c1. The van der Waals surface area contributed by atoms with Gasteiger partial charge in [-0.05, 0) is 62.0 Å². The van der Waals surface area contributed by atoms with E-state index in [1.807, 2.05) is 0 Å². The molecule has 0 saturated carbocycles. The second-order valence-electron chi connectivity index (χ2n) is 5.69. The molecule has 2 rings (SSSR count). The minimum Gasteiger partial charge on any atom is -0.306 e. The van der Waals surface area contributed by atoms with Gasteiger partial charge in [-0.15, -0.1) is 0 Å². The summed E-state index contributed by atoms with van der Waals surface area (Å²) in [6, 6.07) is 8.85. The van der Waals surface area contributed by atoms with E-state index in [0.717, 1.165) is 18.7 Å². The third-order valence-electron chi connectivity index (χ3n) is 4.02. The van der Waals surface area contributed by atoms with Crippen LogP contribution in [0.1, 0.15) is 55.2 Å². The van der Waals surface area contributed by atoms with Crippen molar-refractivity contribution in [3.05, 3.63) is 34.9 Å². The van der Waals surface area contributed by atoms with Gasteiger partial charge in [0.1, 0.15) is 0 Å². The highest BCUT2D eigenvalue weighted by Crippen LogP contribution is 2.31. The first-order valence-corrected chi connectivity index (χ1v) is 6.84. The van der Waals surface area contributed by atoms with Crippen LogP contribution in [0, 0.1) is 11.3 Å². The first-order valence-electron chi connectivity index (χ1n) is 6.84. The van der Waals surface area contributed by atoms with Crippen LogP contribution in [0.15, 0.2) is 18.2 Å². The molecule has 1 aliphatic rings. The van der Waals surface area contributed by atoms with Crippen LogP contribution in [0.4, 0.5) is 0 Å². The molecule has 0 bridgehead atoms. The smallest absolute Gasteiger partial charge is 0.0994 e. The lowest BCUT2D eigenvalue weighted by Crippen LogP contribution is -2.29. The second kappa shape index (κ2) is 5.54. The molecule has 1 heterocycles. The number of piperidine rings is 1. The van der Waals surface area contributed by atoms with Crippen molar-refractivity contribution in [2.24, 2.45) is 0 Å². The molecule has 0 N–H and O–H groups in total. The molecule has 2 nitrogen and oxygen atoms in total. The Hall–Kier alpha value is -1.33. The molecule has 0 aromatic heterocycles. The number of hydrogen-bond donors (Lipinski definition) is 0. The molecular formula is C16H22N2. The minimum absolute atomic E-state index is 0.489. The standard InChI is InChI=1S/C16H22N2/c1-12(2)14-4-5-16(15(10-14)11-17)13-6-8-18(3)9-7-13/h4-5,10,12-13H,6-9H2,1-3H3. The Bertz CT molecular complexity index is 449. The Morgan fingerprint density at radius 2 is 1.94 bits per heavy atom. The Morgan fingerprint density at radius 1 is 1.28 bits per heavy atom. The van der Waals surface area contributed by atoms with Gasteiger partial charge in [0.05, 0.1) is 11.6 Å². The Morgan fingerprint density at radius 3 is 2.50 bits per heavy atom. The van der Waals surface area contributed by atoms with Gasteiger partial charge in [-0.3, -0.25) is 0 Å². The molecule has 1 aliphatic heterocycles. The summed E-state index contributed by atoms with van der Waals surface area (Å²) in [6.45, 7) is 6.63. The van der Waals surface area contributed by atoms with Crippen molar-refractivity contribution in [2.75, 3.05) is 20.1 Å². The first-order chi connectivity index (χ1) is 8.61. The fourth-order valence-electron chi connectivity index (χ4n) is 2.71. The quantitative estimate of drug-likeness (QED) is 0.793. The van der Waals surface area contributed by atoms with Crippen molar-refractivity contribution in [1.82, 2.24) is 4.90 Å². The van der Waals surface area contributed by atoms with E-state index in [4.69, 9.17) is 0 Å². The summed E-state index contributed by atoms with van der Waals surface area (Å²) >= 11 is 0. The summed E-state index contributed by atoms with van der Waals surface area (Å²) in [4.78, 5) is 2.37. The van der Waals surface area contributed by atoms with Crippen molar-refractivity contribution in [1.29, 1.82) is 5.26 Å². The normalized spacial score (nSPS) is 17.9. The van der Waals surface area contributed by atoms with E-state index < -0.39 is 0 Å². The van der Waals surface area contributed by atoms with E-state index in [0.29, 0.717) is 11.8 Å². The second-order valence-corrected chi connectivity index (χ2v) is 5.69. The fourth-order valence-corrected chi connectivity index (χ4v) is 2.71. The van der Waals surface area contributed by atoms with E-state index in [2.05, 4.69) is 50.1 Å². The molecule has 0 atom stereocenters. The zero-order valence-corrected chi connectivity index (χ0v) is 11.6. The van der Waals surface area contributed by atoms with Crippen molar-refractivity contribution >= 4 is 0 Å². The predicted molar refractivity (Wildman–Crippen MR) is 74.7 cm³/mol. The minimum atomic E-state index is 0.489. The maximum atomic E-state index is 9.35. The monoisotopic (exact) mass is 242 g/mol. The molecule has 0 aliphatic carbocycles. The molecule has 0 unspecified atom stereocenters. The van der Waals surface area contributed by atoms with E-state index in [1.54, 1.807) is 0 Å². The van der Waals surface area contributed by atoms with E-state index in [1.165, 1.54) is 24.0 Å². The Labute approximate surface area is 110 Å². The number of hydrogen-bond acceptors (Lipinski definition) is 2. The maximum absolute atomic E-state index is 9.35. The van der Waals surface area contributed by atoms with Gasteiger partial charge in [-0.2, -0.15) is 5.26 Å². The number of likely N-dealkylation sites (tertiary alicyclic amines) is 1. The van der Waals surface area contributed by atoms with Gasteiger partial charge >= 0.3 is 0 Å². The molecule has 0 amide bonds. The lowest BCUT2D eigenvalue weighted by Gasteiger charge is -2.29. The Kier molecular flexibility index (Phi) is 4.04. The number of rotatable bonds is 2. The van der Waals surface area contributed by atoms with Crippen LogP contribution in [0.2, 0.25) is 0 Å². The summed E-state index contributed by atoms with van der Waals surface area (Å²) in [6.07, 6.45) is 2.35. The molecule has 18 heavy (non-hydrogen) atoms. The Balaban J connectivity index is 2.25. The first kappa shape index (κ1) is 13.1. The van der Waals surface area contributed by atoms with Gasteiger partial charge in [0.25, 0.3) is 0 Å². The van der Waals surface area contributed by atoms with Gasteiger partial charge in [0.2, 0.25) is 0 Å². The topological polar surface area (TPSA) is 27.0 Å². The van der Waals surface area contributed by atoms with Gasteiger partial charge in [-0.1, -0.05) is 26.0 Å². The van der Waals surface area contributed by atoms with Crippen LogP contribution in [0.25, 0.3) is 0 Å². The third kappa shape index (κ3) is 2.73. The van der Waals surface area contributed by atoms with Gasteiger partial charge in [-0.25, -0.2) is 0 Å². The molecule has 2 heteroatoms. The average Bonchev–Trinajstić information content (AvgIpc) is 2.39. The predicted octanol–water partition coefficient (Wildman–Crippen LogP) is 3.49. The maximum Gasteiger partial charge on any atom is 0.0994 e. The van der Waals surface area contributed by atoms with Crippen LogP contribution in [0.5, 0.6) is 0 Å². The van der Waals surface area contributed by atoms with Gasteiger partial charge < -0.3 is 4.90 Å². The number of nitriles is 1. The molecule has 0 spiro atoms. The largest absolute Gasteiger partial charge is 0.306 e. The van der Waals surface area contributed by atoms with Crippen molar-refractivity contribution in [3.63, 3.8) is 0 Å². The van der Waals surface area contributed by atoms with E-state index in [-0.39, 0.29) is 0 Å². The molecule has 1 aromatic rings. The third-order valence-corrected chi connectivity index (χ3v) is 4.02. The number of benzene rings is 1. The fraction of sp³-hybridized carbons (Fsp3) is 0.562. The molecule has 96 valence electrons. The lowest BCUT2D eigenvalue weighted by molar-refractivity contribution is 0.255. The zero-order chi connectivity index (χ0) is 13.1. The summed E-state index contributed by atoms with van der Waals surface area (Å²) in [7, 11) is 2.17.